The quantitative estimate of drug-likeness (QED) is 0.559. The molecule has 3 aromatic rings. The van der Waals surface area contributed by atoms with Gasteiger partial charge in [-0.2, -0.15) is 0 Å². The molecule has 5 rings (SSSR count). The summed E-state index contributed by atoms with van der Waals surface area (Å²) in [7, 11) is 0. The van der Waals surface area contributed by atoms with E-state index in [-0.39, 0.29) is 5.78 Å². The van der Waals surface area contributed by atoms with Crippen molar-refractivity contribution in [2.45, 2.75) is 20.0 Å². The normalized spacial score (nSPS) is 16.7. The summed E-state index contributed by atoms with van der Waals surface area (Å²) in [6.07, 6.45) is 5.12. The first-order valence-corrected chi connectivity index (χ1v) is 10.1. The van der Waals surface area contributed by atoms with E-state index in [4.69, 9.17) is 21.1 Å². The SMILES string of the molecule is Cc1c2c(cc3c1O/C(=C\c1ccncc1)C3=O)CN(Cc1ccc(Cl)cc1)CO2. The van der Waals surface area contributed by atoms with Crippen LogP contribution in [0.15, 0.2) is 60.6 Å². The van der Waals surface area contributed by atoms with Crippen LogP contribution in [0.3, 0.4) is 0 Å². The molecule has 2 aromatic carbocycles. The number of aromatic nitrogens is 1. The maximum absolute atomic E-state index is 13.0. The Hall–Kier alpha value is -3.15. The highest BCUT2D eigenvalue weighted by Gasteiger charge is 2.33. The highest BCUT2D eigenvalue weighted by atomic mass is 35.5. The van der Waals surface area contributed by atoms with E-state index in [0.717, 1.165) is 39.6 Å². The van der Waals surface area contributed by atoms with Crippen LogP contribution < -0.4 is 9.47 Å². The van der Waals surface area contributed by atoms with E-state index in [1.807, 2.05) is 49.4 Å². The van der Waals surface area contributed by atoms with Gasteiger partial charge in [0.1, 0.15) is 18.2 Å². The molecule has 3 heterocycles. The van der Waals surface area contributed by atoms with E-state index >= 15 is 0 Å². The number of nitrogens with zero attached hydrogens (tertiary/aromatic N) is 2. The standard InChI is InChI=1S/C24H19ClN2O3/c1-15-23-18(13-27(14-29-23)12-17-2-4-19(25)5-3-17)11-20-22(28)21(30-24(15)20)10-16-6-8-26-9-7-16/h2-11H,12-14H2,1H3/b21-10-. The van der Waals surface area contributed by atoms with Crippen LogP contribution >= 0.6 is 11.6 Å². The molecule has 150 valence electrons. The Balaban J connectivity index is 1.42. The third-order valence-corrected chi connectivity index (χ3v) is 5.58. The smallest absolute Gasteiger partial charge is 0.231 e. The van der Waals surface area contributed by atoms with Gasteiger partial charge >= 0.3 is 0 Å². The van der Waals surface area contributed by atoms with Crippen LogP contribution in [-0.4, -0.2) is 22.4 Å². The molecule has 0 spiro atoms. The molecule has 0 unspecified atom stereocenters. The molecule has 2 aliphatic heterocycles. The van der Waals surface area contributed by atoms with Crippen molar-refractivity contribution in [1.82, 2.24) is 9.88 Å². The second-order valence-corrected chi connectivity index (χ2v) is 7.91. The highest BCUT2D eigenvalue weighted by Crippen LogP contribution is 2.43. The number of hydrogen-bond acceptors (Lipinski definition) is 5. The Morgan fingerprint density at radius 2 is 1.90 bits per heavy atom. The van der Waals surface area contributed by atoms with Gasteiger partial charge in [-0.3, -0.25) is 14.7 Å². The number of fused-ring (bicyclic) bond motifs is 2. The molecular formula is C24H19ClN2O3. The molecule has 0 amide bonds. The topological polar surface area (TPSA) is 51.7 Å². The van der Waals surface area contributed by atoms with Crippen molar-refractivity contribution >= 4 is 23.5 Å². The van der Waals surface area contributed by atoms with Gasteiger partial charge in [0.15, 0.2) is 5.76 Å². The average Bonchev–Trinajstić information content (AvgIpc) is 3.06. The van der Waals surface area contributed by atoms with Crippen molar-refractivity contribution in [3.8, 4) is 11.5 Å². The number of ether oxygens (including phenoxy) is 2. The largest absolute Gasteiger partial charge is 0.477 e. The molecule has 0 saturated heterocycles. The zero-order chi connectivity index (χ0) is 20.7. The van der Waals surface area contributed by atoms with Crippen molar-refractivity contribution in [3.63, 3.8) is 0 Å². The van der Waals surface area contributed by atoms with Gasteiger partial charge in [0.25, 0.3) is 0 Å². The Bertz CT molecular complexity index is 1160. The summed E-state index contributed by atoms with van der Waals surface area (Å²) in [6, 6.07) is 13.4. The van der Waals surface area contributed by atoms with E-state index < -0.39 is 0 Å². The molecule has 5 nitrogen and oxygen atoms in total. The number of pyridine rings is 1. The third kappa shape index (κ3) is 3.47. The van der Waals surface area contributed by atoms with Gasteiger partial charge in [-0.15, -0.1) is 0 Å². The van der Waals surface area contributed by atoms with Gasteiger partial charge < -0.3 is 9.47 Å². The maximum Gasteiger partial charge on any atom is 0.231 e. The van der Waals surface area contributed by atoms with Crippen LogP contribution in [0, 0.1) is 6.92 Å². The minimum atomic E-state index is -0.109. The summed E-state index contributed by atoms with van der Waals surface area (Å²) in [5.41, 5.74) is 4.47. The molecular weight excluding hydrogens is 400 g/mol. The fourth-order valence-electron chi connectivity index (χ4n) is 3.86. The maximum atomic E-state index is 13.0. The summed E-state index contributed by atoms with van der Waals surface area (Å²) in [6.45, 7) is 3.85. The molecule has 0 saturated carbocycles. The van der Waals surface area contributed by atoms with Crippen molar-refractivity contribution < 1.29 is 14.3 Å². The molecule has 0 atom stereocenters. The van der Waals surface area contributed by atoms with Gasteiger partial charge in [-0.1, -0.05) is 23.7 Å². The van der Waals surface area contributed by atoms with Crippen LogP contribution in [0.1, 0.15) is 32.6 Å². The zero-order valence-corrected chi connectivity index (χ0v) is 17.1. The lowest BCUT2D eigenvalue weighted by atomic mass is 10.00. The number of ketones is 1. The molecule has 30 heavy (non-hydrogen) atoms. The molecule has 0 N–H and O–H groups in total. The predicted octanol–water partition coefficient (Wildman–Crippen LogP) is 5.01. The van der Waals surface area contributed by atoms with Crippen LogP contribution in [0.5, 0.6) is 11.5 Å². The summed E-state index contributed by atoms with van der Waals surface area (Å²) in [4.78, 5) is 19.2. The van der Waals surface area contributed by atoms with Gasteiger partial charge in [0, 0.05) is 41.6 Å². The molecule has 2 aliphatic rings. The summed E-state index contributed by atoms with van der Waals surface area (Å²) >= 11 is 5.98. The summed E-state index contributed by atoms with van der Waals surface area (Å²) < 4.78 is 12.0. The fraction of sp³-hybridized carbons (Fsp3) is 0.167. The van der Waals surface area contributed by atoms with Gasteiger partial charge in [-0.05, 0) is 54.5 Å². The number of rotatable bonds is 3. The Morgan fingerprint density at radius 1 is 1.13 bits per heavy atom. The summed E-state index contributed by atoms with van der Waals surface area (Å²) in [5.74, 6) is 1.60. The third-order valence-electron chi connectivity index (χ3n) is 5.33. The van der Waals surface area contributed by atoms with Crippen molar-refractivity contribution in [1.29, 1.82) is 0 Å². The van der Waals surface area contributed by atoms with E-state index in [1.165, 1.54) is 0 Å². The van der Waals surface area contributed by atoms with E-state index in [1.54, 1.807) is 18.5 Å². The Morgan fingerprint density at radius 3 is 2.67 bits per heavy atom. The van der Waals surface area contributed by atoms with Gasteiger partial charge in [0.05, 0.1) is 5.56 Å². The molecule has 0 aliphatic carbocycles. The van der Waals surface area contributed by atoms with Crippen LogP contribution in [0.25, 0.3) is 6.08 Å². The Kier molecular flexibility index (Phi) is 4.77. The number of allylic oxidation sites excluding steroid dienone is 1. The lowest BCUT2D eigenvalue weighted by Crippen LogP contribution is -2.32. The number of Topliss-reactive ketones (excluding diaryl/α,β-unsaturated/α-hetero) is 1. The number of carbonyl (C=O) groups excluding carboxylic acids is 1. The molecule has 0 bridgehead atoms. The Labute approximate surface area is 179 Å². The molecule has 0 fully saturated rings. The average molecular weight is 419 g/mol. The van der Waals surface area contributed by atoms with E-state index in [0.29, 0.717) is 30.3 Å². The first kappa shape index (κ1) is 18.9. The van der Waals surface area contributed by atoms with Gasteiger partial charge in [0.2, 0.25) is 5.78 Å². The fourth-order valence-corrected chi connectivity index (χ4v) is 3.98. The number of carbonyl (C=O) groups is 1. The molecule has 1 aromatic heterocycles. The van der Waals surface area contributed by atoms with Crippen LogP contribution in [0.4, 0.5) is 0 Å². The summed E-state index contributed by atoms with van der Waals surface area (Å²) in [5, 5.41) is 0.722. The second kappa shape index (κ2) is 7.59. The van der Waals surface area contributed by atoms with Crippen LogP contribution in [-0.2, 0) is 13.1 Å². The van der Waals surface area contributed by atoms with E-state index in [9.17, 15) is 4.79 Å². The monoisotopic (exact) mass is 418 g/mol. The zero-order valence-electron chi connectivity index (χ0n) is 16.4. The lowest BCUT2D eigenvalue weighted by Gasteiger charge is -2.30. The van der Waals surface area contributed by atoms with Crippen molar-refractivity contribution in [2.75, 3.05) is 6.73 Å². The van der Waals surface area contributed by atoms with Crippen molar-refractivity contribution in [3.05, 3.63) is 93.5 Å². The highest BCUT2D eigenvalue weighted by molar-refractivity contribution is 6.30. The number of halogens is 1. The van der Waals surface area contributed by atoms with E-state index in [2.05, 4.69) is 9.88 Å². The van der Waals surface area contributed by atoms with Crippen molar-refractivity contribution in [2.24, 2.45) is 0 Å². The first-order chi connectivity index (χ1) is 14.6. The second-order valence-electron chi connectivity index (χ2n) is 7.47. The minimum absolute atomic E-state index is 0.109. The minimum Gasteiger partial charge on any atom is -0.477 e. The lowest BCUT2D eigenvalue weighted by molar-refractivity contribution is 0.0876. The number of hydrogen-bond donors (Lipinski definition) is 0. The molecule has 0 radical (unpaired) electrons. The first-order valence-electron chi connectivity index (χ1n) is 9.69. The number of benzene rings is 2. The van der Waals surface area contributed by atoms with Crippen LogP contribution in [0.2, 0.25) is 5.02 Å². The predicted molar refractivity (Wildman–Crippen MR) is 115 cm³/mol. The van der Waals surface area contributed by atoms with Gasteiger partial charge in [-0.25, -0.2) is 0 Å². The molecule has 6 heteroatoms.